The third-order valence-corrected chi connectivity index (χ3v) is 4.48. The highest BCUT2D eigenvalue weighted by Crippen LogP contribution is 2.33. The van der Waals surface area contributed by atoms with Gasteiger partial charge in [-0.2, -0.15) is 0 Å². The molecule has 2 aromatic heterocycles. The lowest BCUT2D eigenvalue weighted by atomic mass is 10.1. The number of esters is 1. The maximum Gasteiger partial charge on any atom is 0.302 e. The minimum absolute atomic E-state index is 0. The van der Waals surface area contributed by atoms with Crippen molar-refractivity contribution in [3.8, 4) is 16.2 Å². The van der Waals surface area contributed by atoms with Gasteiger partial charge in [-0.15, -0.1) is 11.3 Å². The second-order valence-electron chi connectivity index (χ2n) is 5.50. The van der Waals surface area contributed by atoms with Crippen molar-refractivity contribution in [2.45, 2.75) is 20.4 Å². The molecule has 2 heterocycles. The number of carbonyl (C=O) groups excluding carboxylic acids is 1. The molecular weight excluding hydrogens is 416 g/mol. The molecule has 0 aliphatic heterocycles. The molecule has 3 rings (SSSR count). The number of carbonyl (C=O) groups is 1. The van der Waals surface area contributed by atoms with E-state index in [0.717, 1.165) is 17.0 Å². The van der Waals surface area contributed by atoms with E-state index in [1.54, 1.807) is 0 Å². The fourth-order valence-corrected chi connectivity index (χ4v) is 2.91. The van der Waals surface area contributed by atoms with Crippen molar-refractivity contribution in [3.05, 3.63) is 60.0 Å². The first-order valence-electron chi connectivity index (χ1n) is 7.95. The van der Waals surface area contributed by atoms with Crippen LogP contribution in [0.3, 0.4) is 0 Å². The smallest absolute Gasteiger partial charge is 0.302 e. The predicted octanol–water partition coefficient (Wildman–Crippen LogP) is 0.309. The first kappa shape index (κ1) is 21.9. The van der Waals surface area contributed by atoms with Gasteiger partial charge in [0, 0.05) is 19.4 Å². The summed E-state index contributed by atoms with van der Waals surface area (Å²) >= 11 is 1.35. The first-order chi connectivity index (χ1) is 12.0. The number of nitrogens with zero attached hydrogens (tertiary/aromatic N) is 2. The summed E-state index contributed by atoms with van der Waals surface area (Å²) in [5.74, 6) is 0.918. The van der Waals surface area contributed by atoms with E-state index in [2.05, 4.69) is 0 Å². The zero-order chi connectivity index (χ0) is 18.2. The van der Waals surface area contributed by atoms with Crippen LogP contribution >= 0.6 is 11.3 Å². The van der Waals surface area contributed by atoms with Crippen LogP contribution in [0, 0.1) is 6.92 Å². The fraction of sp³-hybridized carbons (Fsp3) is 0.263. The van der Waals surface area contributed by atoms with Gasteiger partial charge in [-0.1, -0.05) is 30.3 Å². The molecule has 0 spiro atoms. The van der Waals surface area contributed by atoms with Crippen LogP contribution in [0.25, 0.3) is 11.1 Å². The van der Waals surface area contributed by atoms with Crippen molar-refractivity contribution in [2.24, 2.45) is 7.05 Å². The average Bonchev–Trinajstić information content (AvgIpc) is 3.16. The van der Waals surface area contributed by atoms with Gasteiger partial charge in [0.15, 0.2) is 5.06 Å². The maximum absolute atomic E-state index is 10.5. The number of aryl methyl sites for hydroxylation is 1. The van der Waals surface area contributed by atoms with Crippen molar-refractivity contribution in [1.82, 2.24) is 4.57 Å². The van der Waals surface area contributed by atoms with Gasteiger partial charge in [0.05, 0.1) is 7.05 Å². The number of halogens is 1. The molecule has 0 atom stereocenters. The van der Waals surface area contributed by atoms with E-state index in [-0.39, 0.29) is 23.0 Å². The SMILES string of the molecule is CC(=O)OCCn1cc[n+](C)c1C.Oc1sccc1-c1ccccc1.[Br-]. The van der Waals surface area contributed by atoms with Crippen LogP contribution in [-0.4, -0.2) is 22.2 Å². The molecule has 26 heavy (non-hydrogen) atoms. The van der Waals surface area contributed by atoms with E-state index >= 15 is 0 Å². The topological polar surface area (TPSA) is 55.3 Å². The van der Waals surface area contributed by atoms with E-state index in [9.17, 15) is 9.90 Å². The molecule has 0 bridgehead atoms. The second kappa shape index (κ2) is 10.8. The fourth-order valence-electron chi connectivity index (χ4n) is 2.26. The lowest BCUT2D eigenvalue weighted by Gasteiger charge is -1.99. The summed E-state index contributed by atoms with van der Waals surface area (Å²) in [4.78, 5) is 10.5. The molecule has 0 radical (unpaired) electrons. The standard InChI is InChI=1S/C10H8OS.C9H15N2O2.BrH/c11-10-9(6-7-12-10)8-4-2-1-3-5-8;1-8-10(3)4-5-11(8)6-7-13-9(2)12;/h1-7,11H;4-5H,6-7H2,1-3H3;1H/q;+1;/p-1. The Kier molecular flexibility index (Phi) is 9.09. The zero-order valence-corrected chi connectivity index (χ0v) is 17.5. The number of thiophene rings is 1. The summed E-state index contributed by atoms with van der Waals surface area (Å²) in [6.45, 7) is 4.59. The van der Waals surface area contributed by atoms with Crippen molar-refractivity contribution >= 4 is 17.3 Å². The van der Waals surface area contributed by atoms with E-state index in [0.29, 0.717) is 18.2 Å². The number of hydrogen-bond acceptors (Lipinski definition) is 4. The summed E-state index contributed by atoms with van der Waals surface area (Å²) in [5, 5.41) is 11.7. The number of hydrogen-bond donors (Lipinski definition) is 1. The van der Waals surface area contributed by atoms with E-state index < -0.39 is 0 Å². The van der Waals surface area contributed by atoms with Gasteiger partial charge in [-0.05, 0) is 17.0 Å². The van der Waals surface area contributed by atoms with E-state index in [4.69, 9.17) is 4.74 Å². The molecular formula is C19H23BrN2O3S. The molecule has 3 aromatic rings. The minimum Gasteiger partial charge on any atom is -1.00 e. The summed E-state index contributed by atoms with van der Waals surface area (Å²) in [5.41, 5.74) is 1.98. The van der Waals surface area contributed by atoms with Gasteiger partial charge in [0.25, 0.3) is 5.82 Å². The Balaban J connectivity index is 0.000000251. The summed E-state index contributed by atoms with van der Waals surface area (Å²) < 4.78 is 8.91. The molecule has 0 aliphatic carbocycles. The summed E-state index contributed by atoms with van der Waals surface area (Å²) in [7, 11) is 1.98. The number of benzene rings is 1. The van der Waals surface area contributed by atoms with Crippen LogP contribution < -0.4 is 21.5 Å². The predicted molar refractivity (Wildman–Crippen MR) is 98.4 cm³/mol. The van der Waals surface area contributed by atoms with Gasteiger partial charge >= 0.3 is 5.97 Å². The van der Waals surface area contributed by atoms with Gasteiger partial charge in [-0.3, -0.25) is 4.79 Å². The molecule has 7 heteroatoms. The van der Waals surface area contributed by atoms with Crippen LogP contribution in [0.15, 0.2) is 54.2 Å². The number of aromatic nitrogens is 2. The Morgan fingerprint density at radius 3 is 2.46 bits per heavy atom. The summed E-state index contributed by atoms with van der Waals surface area (Å²) in [6, 6.07) is 11.8. The molecule has 0 aliphatic rings. The normalized spacial score (nSPS) is 9.65. The highest BCUT2D eigenvalue weighted by Gasteiger charge is 2.08. The molecule has 0 fully saturated rings. The summed E-state index contributed by atoms with van der Waals surface area (Å²) in [6.07, 6.45) is 3.95. The van der Waals surface area contributed by atoms with Crippen molar-refractivity contribution in [3.63, 3.8) is 0 Å². The Labute approximate surface area is 168 Å². The van der Waals surface area contributed by atoms with Gasteiger partial charge in [0.2, 0.25) is 0 Å². The lowest BCUT2D eigenvalue weighted by Crippen LogP contribution is -3.00. The average molecular weight is 439 g/mol. The van der Waals surface area contributed by atoms with Gasteiger partial charge < -0.3 is 26.8 Å². The quantitative estimate of drug-likeness (QED) is 0.471. The zero-order valence-electron chi connectivity index (χ0n) is 15.1. The molecule has 0 saturated heterocycles. The number of aromatic hydroxyl groups is 1. The van der Waals surface area contributed by atoms with Crippen LogP contribution in [0.5, 0.6) is 5.06 Å². The van der Waals surface area contributed by atoms with Crippen LogP contribution in [0.1, 0.15) is 12.7 Å². The Hall–Kier alpha value is -2.12. The molecule has 5 nitrogen and oxygen atoms in total. The molecule has 0 amide bonds. The largest absolute Gasteiger partial charge is 1.00 e. The Morgan fingerprint density at radius 1 is 1.27 bits per heavy atom. The molecule has 140 valence electrons. The number of imidazole rings is 1. The second-order valence-corrected chi connectivity index (χ2v) is 6.39. The first-order valence-corrected chi connectivity index (χ1v) is 8.83. The van der Waals surface area contributed by atoms with Gasteiger partial charge in [0.1, 0.15) is 25.5 Å². The van der Waals surface area contributed by atoms with Crippen LogP contribution in [-0.2, 0) is 23.1 Å². The van der Waals surface area contributed by atoms with Crippen LogP contribution in [0.2, 0.25) is 0 Å². The Bertz CT molecular complexity index is 815. The Morgan fingerprint density at radius 2 is 1.96 bits per heavy atom. The maximum atomic E-state index is 10.5. The third-order valence-electron chi connectivity index (χ3n) is 3.76. The van der Waals surface area contributed by atoms with Crippen LogP contribution in [0.4, 0.5) is 0 Å². The highest BCUT2D eigenvalue weighted by atomic mass is 79.9. The molecule has 1 N–H and O–H groups in total. The number of ether oxygens (including phenoxy) is 1. The minimum atomic E-state index is -0.228. The molecule has 1 aromatic carbocycles. The lowest BCUT2D eigenvalue weighted by molar-refractivity contribution is -0.677. The third kappa shape index (κ3) is 6.31. The monoisotopic (exact) mass is 438 g/mol. The van der Waals surface area contributed by atoms with Crippen molar-refractivity contribution < 1.29 is 36.2 Å². The van der Waals surface area contributed by atoms with E-state index in [1.807, 2.05) is 77.3 Å². The van der Waals surface area contributed by atoms with Crippen molar-refractivity contribution in [1.29, 1.82) is 0 Å². The van der Waals surface area contributed by atoms with Gasteiger partial charge in [-0.25, -0.2) is 9.13 Å². The van der Waals surface area contributed by atoms with Crippen molar-refractivity contribution in [2.75, 3.05) is 6.61 Å². The van der Waals surface area contributed by atoms with E-state index in [1.165, 1.54) is 18.3 Å². The highest BCUT2D eigenvalue weighted by molar-refractivity contribution is 7.12. The number of rotatable bonds is 4. The molecule has 0 unspecified atom stereocenters. The molecule has 0 saturated carbocycles.